The third-order valence-corrected chi connectivity index (χ3v) is 3.80. The van der Waals surface area contributed by atoms with Crippen molar-refractivity contribution in [3.05, 3.63) is 35.4 Å². The predicted octanol–water partition coefficient (Wildman–Crippen LogP) is 1.65. The van der Waals surface area contributed by atoms with Crippen LogP contribution in [0.1, 0.15) is 29.3 Å². The molecule has 4 nitrogen and oxygen atoms in total. The summed E-state index contributed by atoms with van der Waals surface area (Å²) in [6.07, 6.45) is 0.381. The lowest BCUT2D eigenvalue weighted by molar-refractivity contribution is -0.0772. The van der Waals surface area contributed by atoms with Gasteiger partial charge in [0, 0.05) is 31.1 Å². The molecule has 20 heavy (non-hydrogen) atoms. The van der Waals surface area contributed by atoms with Crippen molar-refractivity contribution in [3.8, 4) is 0 Å². The minimum absolute atomic E-state index is 0.0368. The highest BCUT2D eigenvalue weighted by molar-refractivity contribution is 5.96. The first-order valence-electron chi connectivity index (χ1n) is 7.16. The van der Waals surface area contributed by atoms with Crippen molar-refractivity contribution >= 4 is 5.78 Å². The number of rotatable bonds is 5. The highest BCUT2D eigenvalue weighted by Crippen LogP contribution is 2.13. The van der Waals surface area contributed by atoms with Crippen molar-refractivity contribution in [2.45, 2.75) is 32.4 Å². The second-order valence-corrected chi connectivity index (χ2v) is 5.52. The van der Waals surface area contributed by atoms with Crippen LogP contribution < -0.4 is 0 Å². The molecule has 110 valence electrons. The van der Waals surface area contributed by atoms with Gasteiger partial charge in [0.25, 0.3) is 0 Å². The van der Waals surface area contributed by atoms with Crippen LogP contribution in [0.5, 0.6) is 0 Å². The van der Waals surface area contributed by atoms with Gasteiger partial charge >= 0.3 is 0 Å². The first kappa shape index (κ1) is 15.2. The molecule has 4 heteroatoms. The van der Waals surface area contributed by atoms with E-state index >= 15 is 0 Å². The van der Waals surface area contributed by atoms with Gasteiger partial charge in [0.2, 0.25) is 0 Å². The molecule has 0 aromatic heterocycles. The fourth-order valence-corrected chi connectivity index (χ4v) is 2.51. The molecular weight excluding hydrogens is 254 g/mol. The molecule has 2 unspecified atom stereocenters. The van der Waals surface area contributed by atoms with Gasteiger partial charge in [0.1, 0.15) is 0 Å². The van der Waals surface area contributed by atoms with Gasteiger partial charge in [0.15, 0.2) is 5.78 Å². The number of carbonyl (C=O) groups excluding carboxylic acids is 1. The molecule has 1 aliphatic heterocycles. The summed E-state index contributed by atoms with van der Waals surface area (Å²) >= 11 is 0. The smallest absolute Gasteiger partial charge is 0.164 e. The molecule has 1 aliphatic rings. The molecule has 0 radical (unpaired) electrons. The molecule has 0 amide bonds. The van der Waals surface area contributed by atoms with E-state index in [-0.39, 0.29) is 18.5 Å². The number of aliphatic hydroxyl groups excluding tert-OH is 1. The average molecular weight is 277 g/mol. The number of ketones is 1. The normalized spacial score (nSPS) is 23.8. The van der Waals surface area contributed by atoms with Crippen LogP contribution in [0.15, 0.2) is 24.3 Å². The summed E-state index contributed by atoms with van der Waals surface area (Å²) in [5.74, 6) is 0.174. The Labute approximate surface area is 120 Å². The molecule has 0 spiro atoms. The van der Waals surface area contributed by atoms with Gasteiger partial charge in [0.05, 0.1) is 19.3 Å². The van der Waals surface area contributed by atoms with Crippen molar-refractivity contribution < 1.29 is 14.6 Å². The SMILES string of the molecule is Cc1cccc(C(=O)CCN2CC(CO)OCC2C)c1. The monoisotopic (exact) mass is 277 g/mol. The number of Topliss-reactive ketones (excluding diaryl/α,β-unsaturated/α-hetero) is 1. The molecule has 2 atom stereocenters. The van der Waals surface area contributed by atoms with E-state index in [1.54, 1.807) is 0 Å². The van der Waals surface area contributed by atoms with Crippen LogP contribution in [0, 0.1) is 6.92 Å². The number of ether oxygens (including phenoxy) is 1. The summed E-state index contributed by atoms with van der Waals surface area (Å²) in [5.41, 5.74) is 1.89. The van der Waals surface area contributed by atoms with Gasteiger partial charge in [-0.3, -0.25) is 9.69 Å². The summed E-state index contributed by atoms with van der Waals surface area (Å²) in [4.78, 5) is 14.4. The molecule has 1 aromatic rings. The first-order valence-corrected chi connectivity index (χ1v) is 7.16. The number of nitrogens with zero attached hydrogens (tertiary/aromatic N) is 1. The summed E-state index contributed by atoms with van der Waals surface area (Å²) in [6.45, 7) is 6.14. The average Bonchev–Trinajstić information content (AvgIpc) is 2.46. The van der Waals surface area contributed by atoms with Crippen LogP contribution in [0.4, 0.5) is 0 Å². The Morgan fingerprint density at radius 1 is 1.50 bits per heavy atom. The van der Waals surface area contributed by atoms with Crippen LogP contribution in [-0.4, -0.2) is 54.2 Å². The molecule has 0 aliphatic carbocycles. The van der Waals surface area contributed by atoms with E-state index < -0.39 is 0 Å². The van der Waals surface area contributed by atoms with Gasteiger partial charge in [-0.15, -0.1) is 0 Å². The summed E-state index contributed by atoms with van der Waals surface area (Å²) in [7, 11) is 0. The number of hydrogen-bond donors (Lipinski definition) is 1. The molecule has 0 bridgehead atoms. The second kappa shape index (κ2) is 6.97. The van der Waals surface area contributed by atoms with Gasteiger partial charge < -0.3 is 9.84 Å². The molecule has 1 aromatic carbocycles. The Balaban J connectivity index is 1.89. The minimum Gasteiger partial charge on any atom is -0.394 e. The quantitative estimate of drug-likeness (QED) is 0.831. The molecule has 1 N–H and O–H groups in total. The third-order valence-electron chi connectivity index (χ3n) is 3.80. The lowest BCUT2D eigenvalue weighted by Crippen LogP contribution is -2.49. The Bertz CT molecular complexity index is 461. The van der Waals surface area contributed by atoms with Gasteiger partial charge in [-0.2, -0.15) is 0 Å². The number of carbonyl (C=O) groups is 1. The van der Waals surface area contributed by atoms with Crippen LogP contribution in [-0.2, 0) is 4.74 Å². The first-order chi connectivity index (χ1) is 9.60. The van der Waals surface area contributed by atoms with Crippen LogP contribution in [0.3, 0.4) is 0 Å². The zero-order valence-electron chi connectivity index (χ0n) is 12.2. The number of benzene rings is 1. The fourth-order valence-electron chi connectivity index (χ4n) is 2.51. The van der Waals surface area contributed by atoms with Crippen molar-refractivity contribution in [2.24, 2.45) is 0 Å². The Hall–Kier alpha value is -1.23. The maximum absolute atomic E-state index is 12.2. The zero-order chi connectivity index (χ0) is 14.5. The third kappa shape index (κ3) is 3.88. The van der Waals surface area contributed by atoms with Gasteiger partial charge in [-0.05, 0) is 19.9 Å². The highest BCUT2D eigenvalue weighted by Gasteiger charge is 2.25. The standard InChI is InChI=1S/C16H23NO3/c1-12-4-3-5-14(8-12)16(19)6-7-17-9-15(10-18)20-11-13(17)2/h3-5,8,13,15,18H,6-7,9-11H2,1-2H3. The van der Waals surface area contributed by atoms with Crippen LogP contribution in [0.2, 0.25) is 0 Å². The Kier molecular flexibility index (Phi) is 5.29. The van der Waals surface area contributed by atoms with E-state index in [1.165, 1.54) is 0 Å². The highest BCUT2D eigenvalue weighted by atomic mass is 16.5. The Morgan fingerprint density at radius 2 is 2.30 bits per heavy atom. The van der Waals surface area contributed by atoms with Crippen molar-refractivity contribution in [3.63, 3.8) is 0 Å². The predicted molar refractivity (Wildman–Crippen MR) is 78.0 cm³/mol. The maximum atomic E-state index is 12.2. The molecule has 2 rings (SSSR count). The van der Waals surface area contributed by atoms with E-state index in [0.29, 0.717) is 32.2 Å². The van der Waals surface area contributed by atoms with E-state index in [0.717, 1.165) is 11.1 Å². The lowest BCUT2D eigenvalue weighted by atomic mass is 10.0. The maximum Gasteiger partial charge on any atom is 0.164 e. The van der Waals surface area contributed by atoms with Crippen LogP contribution >= 0.6 is 0 Å². The molecule has 1 fully saturated rings. The summed E-state index contributed by atoms with van der Waals surface area (Å²) in [6, 6.07) is 8.01. The number of aliphatic hydroxyl groups is 1. The lowest BCUT2D eigenvalue weighted by Gasteiger charge is -2.37. The minimum atomic E-state index is -0.125. The van der Waals surface area contributed by atoms with Gasteiger partial charge in [-0.25, -0.2) is 0 Å². The van der Waals surface area contributed by atoms with Crippen molar-refractivity contribution in [2.75, 3.05) is 26.3 Å². The molecule has 0 saturated carbocycles. The zero-order valence-corrected chi connectivity index (χ0v) is 12.2. The van der Waals surface area contributed by atoms with Crippen molar-refractivity contribution in [1.82, 2.24) is 4.90 Å². The number of morpholine rings is 1. The largest absolute Gasteiger partial charge is 0.394 e. The molecule has 1 saturated heterocycles. The van der Waals surface area contributed by atoms with Gasteiger partial charge in [-0.1, -0.05) is 23.8 Å². The number of hydrogen-bond acceptors (Lipinski definition) is 4. The fraction of sp³-hybridized carbons (Fsp3) is 0.562. The van der Waals surface area contributed by atoms with Crippen LogP contribution in [0.25, 0.3) is 0 Å². The van der Waals surface area contributed by atoms with E-state index in [1.807, 2.05) is 31.2 Å². The van der Waals surface area contributed by atoms with E-state index in [4.69, 9.17) is 9.84 Å². The molecular formula is C16H23NO3. The number of aryl methyl sites for hydroxylation is 1. The van der Waals surface area contributed by atoms with E-state index in [2.05, 4.69) is 11.8 Å². The Morgan fingerprint density at radius 3 is 3.00 bits per heavy atom. The van der Waals surface area contributed by atoms with E-state index in [9.17, 15) is 4.79 Å². The topological polar surface area (TPSA) is 49.8 Å². The van der Waals surface area contributed by atoms with Crippen molar-refractivity contribution in [1.29, 1.82) is 0 Å². The second-order valence-electron chi connectivity index (χ2n) is 5.52. The summed E-state index contributed by atoms with van der Waals surface area (Å²) in [5, 5.41) is 9.16. The summed E-state index contributed by atoms with van der Waals surface area (Å²) < 4.78 is 5.50. The molecule has 1 heterocycles.